The Hall–Kier alpha value is -4.05. The normalized spacial score (nSPS) is 13.6. The number of carbonyl (C=O) groups is 1. The van der Waals surface area contributed by atoms with Gasteiger partial charge in [0.2, 0.25) is 5.91 Å². The molecule has 3 aromatic carbocycles. The molecule has 0 saturated carbocycles. The van der Waals surface area contributed by atoms with Gasteiger partial charge in [-0.3, -0.25) is 14.2 Å². The van der Waals surface area contributed by atoms with Gasteiger partial charge in [0, 0.05) is 19.6 Å². The first kappa shape index (κ1) is 26.6. The molecule has 1 aromatic heterocycles. The number of likely N-dealkylation sites (tertiary alicyclic amines) is 1. The second kappa shape index (κ2) is 11.8. The maximum absolute atomic E-state index is 13.9. The van der Waals surface area contributed by atoms with Gasteiger partial charge >= 0.3 is 0 Å². The van der Waals surface area contributed by atoms with Crippen LogP contribution in [-0.2, 0) is 20.8 Å². The number of nitrogens with zero attached hydrogens (tertiary/aromatic N) is 3. The summed E-state index contributed by atoms with van der Waals surface area (Å²) in [7, 11) is 0. The van der Waals surface area contributed by atoms with Gasteiger partial charge in [0.15, 0.2) is 0 Å². The number of rotatable bonds is 11. The molecule has 0 unspecified atom stereocenters. The lowest BCUT2D eigenvalue weighted by Gasteiger charge is -2.39. The first-order valence-corrected chi connectivity index (χ1v) is 13.0. The Bertz CT molecular complexity index is 1580. The number of hydrogen-bond donors (Lipinski definition) is 2. The summed E-state index contributed by atoms with van der Waals surface area (Å²) in [5.41, 5.74) is 7.50. The number of amides is 1. The summed E-state index contributed by atoms with van der Waals surface area (Å²) < 4.78 is 12.7. The van der Waals surface area contributed by atoms with Crippen LogP contribution in [0.3, 0.4) is 0 Å². The Morgan fingerprint density at radius 2 is 1.82 bits per heavy atom. The third-order valence-electron chi connectivity index (χ3n) is 6.97. The first-order chi connectivity index (χ1) is 19.0. The van der Waals surface area contributed by atoms with Crippen molar-refractivity contribution in [1.29, 1.82) is 0 Å². The molecule has 4 aromatic rings. The van der Waals surface area contributed by atoms with Gasteiger partial charge in [-0.2, -0.15) is 0 Å². The molecule has 202 valence electrons. The van der Waals surface area contributed by atoms with Gasteiger partial charge in [-0.25, -0.2) is 4.98 Å². The smallest absolute Gasteiger partial charge is 0.261 e. The first-order valence-electron chi connectivity index (χ1n) is 13.0. The minimum absolute atomic E-state index is 0.0615. The highest BCUT2D eigenvalue weighted by atomic mass is 16.5. The molecule has 1 saturated heterocycles. The van der Waals surface area contributed by atoms with Crippen molar-refractivity contribution < 1.29 is 19.4 Å². The van der Waals surface area contributed by atoms with Gasteiger partial charge in [-0.15, -0.1) is 0 Å². The molecule has 9 nitrogen and oxygen atoms in total. The van der Waals surface area contributed by atoms with Gasteiger partial charge in [0.1, 0.15) is 11.6 Å². The van der Waals surface area contributed by atoms with E-state index >= 15 is 0 Å². The standard InChI is InChI=1S/C30H32N4O5/c1-2-28(36)33-18-22(19-33)29-32-27-8-7-21(25-17-23(35)15-20-5-3-4-6-24(20)25)16-26(27)30(37)34(29)10-12-39-14-13-38-11-9-31/h2-8,15-17,22,35H,1,9-14,18-19,31H2. The van der Waals surface area contributed by atoms with Crippen LogP contribution in [0.1, 0.15) is 11.7 Å². The van der Waals surface area contributed by atoms with E-state index in [1.807, 2.05) is 42.5 Å². The second-order valence-corrected chi connectivity index (χ2v) is 9.53. The number of fused-ring (bicyclic) bond motifs is 2. The number of ether oxygens (including phenoxy) is 2. The molecule has 1 amide bonds. The molecule has 0 bridgehead atoms. The van der Waals surface area contributed by atoms with E-state index in [9.17, 15) is 14.7 Å². The van der Waals surface area contributed by atoms with Crippen molar-refractivity contribution in [2.45, 2.75) is 12.5 Å². The van der Waals surface area contributed by atoms with E-state index in [2.05, 4.69) is 6.58 Å². The van der Waals surface area contributed by atoms with Gasteiger partial charge in [0.05, 0.1) is 49.8 Å². The molecule has 1 aliphatic rings. The summed E-state index contributed by atoms with van der Waals surface area (Å²) in [4.78, 5) is 32.4. The average Bonchev–Trinajstić information content (AvgIpc) is 2.92. The van der Waals surface area contributed by atoms with Gasteiger partial charge in [0.25, 0.3) is 5.56 Å². The minimum Gasteiger partial charge on any atom is -0.508 e. The predicted molar refractivity (Wildman–Crippen MR) is 151 cm³/mol. The zero-order valence-electron chi connectivity index (χ0n) is 21.7. The van der Waals surface area contributed by atoms with Crippen molar-refractivity contribution >= 4 is 27.6 Å². The molecule has 9 heteroatoms. The molecular formula is C30H32N4O5. The molecule has 0 radical (unpaired) electrons. The van der Waals surface area contributed by atoms with Crippen LogP contribution in [0.5, 0.6) is 5.75 Å². The molecule has 0 atom stereocenters. The van der Waals surface area contributed by atoms with Crippen LogP contribution in [-0.4, -0.2) is 71.5 Å². The zero-order valence-corrected chi connectivity index (χ0v) is 21.7. The fourth-order valence-electron chi connectivity index (χ4n) is 4.98. The zero-order chi connectivity index (χ0) is 27.4. The molecule has 0 aliphatic carbocycles. The maximum Gasteiger partial charge on any atom is 0.261 e. The van der Waals surface area contributed by atoms with Crippen molar-refractivity contribution in [3.05, 3.63) is 83.4 Å². The Kier molecular flexibility index (Phi) is 8.02. The van der Waals surface area contributed by atoms with E-state index in [-0.39, 0.29) is 23.1 Å². The number of aromatic nitrogens is 2. The summed E-state index contributed by atoms with van der Waals surface area (Å²) in [5, 5.41) is 12.7. The highest BCUT2D eigenvalue weighted by Gasteiger charge is 2.34. The van der Waals surface area contributed by atoms with Crippen LogP contribution < -0.4 is 11.3 Å². The van der Waals surface area contributed by atoms with Crippen LogP contribution in [0.25, 0.3) is 32.8 Å². The lowest BCUT2D eigenvalue weighted by atomic mass is 9.96. The van der Waals surface area contributed by atoms with Crippen LogP contribution in [0.15, 0.2) is 72.0 Å². The quantitative estimate of drug-likeness (QED) is 0.227. The van der Waals surface area contributed by atoms with Gasteiger partial charge in [-0.05, 0) is 52.2 Å². The lowest BCUT2D eigenvalue weighted by Crippen LogP contribution is -2.49. The van der Waals surface area contributed by atoms with E-state index in [4.69, 9.17) is 20.2 Å². The third-order valence-corrected chi connectivity index (χ3v) is 6.97. The average molecular weight is 529 g/mol. The SMILES string of the molecule is C=CC(=O)N1CC(c2nc3ccc(-c4cc(O)cc5ccccc45)cc3c(=O)n2CCOCCOCCN)C1. The summed E-state index contributed by atoms with van der Waals surface area (Å²) in [6.45, 7) is 6.88. The second-order valence-electron chi connectivity index (χ2n) is 9.53. The Morgan fingerprint density at radius 1 is 1.05 bits per heavy atom. The molecule has 39 heavy (non-hydrogen) atoms. The maximum atomic E-state index is 13.9. The molecule has 1 aliphatic heterocycles. The van der Waals surface area contributed by atoms with Crippen LogP contribution in [0.2, 0.25) is 0 Å². The highest BCUT2D eigenvalue weighted by Crippen LogP contribution is 2.34. The van der Waals surface area contributed by atoms with E-state index < -0.39 is 0 Å². The number of phenolic OH excluding ortho intramolecular Hbond substituents is 1. The van der Waals surface area contributed by atoms with E-state index in [1.165, 1.54) is 6.08 Å². The minimum atomic E-state index is -0.169. The molecule has 5 rings (SSSR count). The van der Waals surface area contributed by atoms with Crippen molar-refractivity contribution in [3.8, 4) is 16.9 Å². The summed E-state index contributed by atoms with van der Waals surface area (Å²) in [6, 6.07) is 16.8. The number of hydrogen-bond acceptors (Lipinski definition) is 7. The van der Waals surface area contributed by atoms with E-state index in [0.29, 0.717) is 69.3 Å². The molecule has 3 N–H and O–H groups in total. The Morgan fingerprint density at radius 3 is 2.59 bits per heavy atom. The van der Waals surface area contributed by atoms with Crippen molar-refractivity contribution in [1.82, 2.24) is 14.5 Å². The Labute approximate surface area is 226 Å². The summed E-state index contributed by atoms with van der Waals surface area (Å²) in [5.74, 6) is 0.600. The van der Waals surface area contributed by atoms with Crippen LogP contribution >= 0.6 is 0 Å². The number of nitrogens with two attached hydrogens (primary N) is 1. The topological polar surface area (TPSA) is 120 Å². The number of phenols is 1. The highest BCUT2D eigenvalue weighted by molar-refractivity contribution is 5.99. The predicted octanol–water partition coefficient (Wildman–Crippen LogP) is 3.03. The van der Waals surface area contributed by atoms with Gasteiger partial charge in [-0.1, -0.05) is 36.9 Å². The van der Waals surface area contributed by atoms with Gasteiger partial charge < -0.3 is 25.2 Å². The summed E-state index contributed by atoms with van der Waals surface area (Å²) in [6.07, 6.45) is 1.30. The largest absolute Gasteiger partial charge is 0.508 e. The van der Waals surface area contributed by atoms with Crippen LogP contribution in [0, 0.1) is 0 Å². The van der Waals surface area contributed by atoms with E-state index in [0.717, 1.165) is 21.9 Å². The molecule has 2 heterocycles. The van der Waals surface area contributed by atoms with Crippen molar-refractivity contribution in [3.63, 3.8) is 0 Å². The molecule has 0 spiro atoms. The van der Waals surface area contributed by atoms with E-state index in [1.54, 1.807) is 21.6 Å². The molecule has 1 fully saturated rings. The van der Waals surface area contributed by atoms with Crippen molar-refractivity contribution in [2.75, 3.05) is 46.1 Å². The molecular weight excluding hydrogens is 496 g/mol. The fourth-order valence-corrected chi connectivity index (χ4v) is 4.98. The number of carbonyl (C=O) groups excluding carboxylic acids is 1. The third kappa shape index (κ3) is 5.56. The number of benzene rings is 3. The van der Waals surface area contributed by atoms with Crippen molar-refractivity contribution in [2.24, 2.45) is 5.73 Å². The Balaban J connectivity index is 1.50. The fraction of sp³-hybridized carbons (Fsp3) is 0.300. The lowest BCUT2D eigenvalue weighted by molar-refractivity contribution is -0.130. The van der Waals surface area contributed by atoms with Crippen LogP contribution in [0.4, 0.5) is 0 Å². The number of aromatic hydroxyl groups is 1. The monoisotopic (exact) mass is 528 g/mol. The summed E-state index contributed by atoms with van der Waals surface area (Å²) >= 11 is 0.